The number of pyridine rings is 1. The van der Waals surface area contributed by atoms with Crippen molar-refractivity contribution in [2.75, 3.05) is 16.8 Å². The van der Waals surface area contributed by atoms with E-state index in [-0.39, 0.29) is 5.91 Å². The fourth-order valence-corrected chi connectivity index (χ4v) is 3.79. The van der Waals surface area contributed by atoms with E-state index in [1.807, 2.05) is 35.2 Å². The number of nitrogens with one attached hydrogen (secondary N) is 1. The smallest absolute Gasteiger partial charge is 0.276 e. The highest BCUT2D eigenvalue weighted by Crippen LogP contribution is 2.28. The third-order valence-corrected chi connectivity index (χ3v) is 5.06. The molecule has 0 spiro atoms. The van der Waals surface area contributed by atoms with Crippen LogP contribution in [0.2, 0.25) is 0 Å². The van der Waals surface area contributed by atoms with E-state index in [9.17, 15) is 4.79 Å². The van der Waals surface area contributed by atoms with E-state index in [2.05, 4.69) is 16.4 Å². The molecule has 2 heterocycles. The maximum Gasteiger partial charge on any atom is 0.276 e. The van der Waals surface area contributed by atoms with E-state index in [0.29, 0.717) is 11.7 Å². The van der Waals surface area contributed by atoms with Crippen LogP contribution in [0.15, 0.2) is 42.6 Å². The first-order valence-corrected chi connectivity index (χ1v) is 8.93. The Morgan fingerprint density at radius 2 is 1.92 bits per heavy atom. The summed E-state index contributed by atoms with van der Waals surface area (Å²) in [5, 5.41) is 3.51. The molecule has 1 aromatic carbocycles. The van der Waals surface area contributed by atoms with Gasteiger partial charge in [0, 0.05) is 18.3 Å². The third kappa shape index (κ3) is 3.01. The van der Waals surface area contributed by atoms with Gasteiger partial charge >= 0.3 is 0 Å². The number of amides is 1. The monoisotopic (exact) mass is 321 g/mol. The van der Waals surface area contributed by atoms with Crippen LogP contribution in [0.25, 0.3) is 0 Å². The van der Waals surface area contributed by atoms with Crippen LogP contribution in [-0.4, -0.2) is 23.5 Å². The lowest BCUT2D eigenvalue weighted by molar-refractivity contribution is 0.0980. The van der Waals surface area contributed by atoms with Crippen molar-refractivity contribution in [1.29, 1.82) is 0 Å². The number of fused-ring (bicyclic) bond motifs is 1. The zero-order valence-electron chi connectivity index (χ0n) is 13.9. The highest BCUT2D eigenvalue weighted by Gasteiger charge is 2.24. The Kier molecular flexibility index (Phi) is 4.20. The van der Waals surface area contributed by atoms with E-state index in [1.165, 1.54) is 31.2 Å². The van der Waals surface area contributed by atoms with Gasteiger partial charge in [-0.1, -0.05) is 31.0 Å². The van der Waals surface area contributed by atoms with Crippen LogP contribution in [0, 0.1) is 0 Å². The molecule has 0 bridgehead atoms. The summed E-state index contributed by atoms with van der Waals surface area (Å²) in [6.07, 6.45) is 8.89. The summed E-state index contributed by atoms with van der Waals surface area (Å²) in [5.74, 6) is -0.00503. The molecule has 0 atom stereocenters. The molecule has 1 aliphatic carbocycles. The van der Waals surface area contributed by atoms with Gasteiger partial charge in [-0.05, 0) is 49.4 Å². The molecule has 124 valence electrons. The Bertz CT molecular complexity index is 720. The number of nitrogens with zero attached hydrogens (tertiary/aromatic N) is 2. The number of hydrogen-bond donors (Lipinski definition) is 1. The van der Waals surface area contributed by atoms with Gasteiger partial charge in [0.1, 0.15) is 5.69 Å². The normalized spacial score (nSPS) is 17.6. The number of aryl methyl sites for hydroxylation is 1. The Balaban J connectivity index is 1.50. The quantitative estimate of drug-likeness (QED) is 0.928. The summed E-state index contributed by atoms with van der Waals surface area (Å²) in [6.45, 7) is 0.763. The summed E-state index contributed by atoms with van der Waals surface area (Å²) in [6, 6.07) is 12.5. The SMILES string of the molecule is O=C(c1ccc(NC2CCCC2)cn1)N1CCCc2ccccc21. The van der Waals surface area contributed by atoms with Crippen LogP contribution >= 0.6 is 0 Å². The second-order valence-corrected chi connectivity index (χ2v) is 6.75. The first kappa shape index (κ1) is 15.2. The molecule has 1 fully saturated rings. The summed E-state index contributed by atoms with van der Waals surface area (Å²) in [7, 11) is 0. The zero-order chi connectivity index (χ0) is 16.4. The fourth-order valence-electron chi connectivity index (χ4n) is 3.79. The summed E-state index contributed by atoms with van der Waals surface area (Å²) >= 11 is 0. The lowest BCUT2D eigenvalue weighted by Gasteiger charge is -2.29. The molecule has 1 N–H and O–H groups in total. The molecular weight excluding hydrogens is 298 g/mol. The van der Waals surface area contributed by atoms with Gasteiger partial charge in [0.25, 0.3) is 5.91 Å². The minimum atomic E-state index is -0.00503. The zero-order valence-corrected chi connectivity index (χ0v) is 13.9. The van der Waals surface area contributed by atoms with Crippen molar-refractivity contribution in [3.05, 3.63) is 53.9 Å². The number of para-hydroxylation sites is 1. The molecule has 4 rings (SSSR count). The number of aromatic nitrogens is 1. The molecule has 1 amide bonds. The van der Waals surface area contributed by atoms with Crippen molar-refractivity contribution in [3.8, 4) is 0 Å². The Labute approximate surface area is 142 Å². The number of rotatable bonds is 3. The highest BCUT2D eigenvalue weighted by molar-refractivity contribution is 6.05. The maximum atomic E-state index is 12.9. The van der Waals surface area contributed by atoms with Crippen LogP contribution < -0.4 is 10.2 Å². The van der Waals surface area contributed by atoms with Crippen molar-refractivity contribution in [2.24, 2.45) is 0 Å². The van der Waals surface area contributed by atoms with Gasteiger partial charge in [-0.2, -0.15) is 0 Å². The maximum absolute atomic E-state index is 12.9. The number of hydrogen-bond acceptors (Lipinski definition) is 3. The molecule has 4 heteroatoms. The fraction of sp³-hybridized carbons (Fsp3) is 0.400. The molecular formula is C20H23N3O. The average Bonchev–Trinajstić information content (AvgIpc) is 3.14. The predicted octanol–water partition coefficient (Wildman–Crippen LogP) is 4.03. The number of carbonyl (C=O) groups excluding carboxylic acids is 1. The first-order chi connectivity index (χ1) is 11.8. The van der Waals surface area contributed by atoms with Gasteiger partial charge in [-0.15, -0.1) is 0 Å². The molecule has 0 radical (unpaired) electrons. The van der Waals surface area contributed by atoms with E-state index in [1.54, 1.807) is 6.20 Å². The first-order valence-electron chi connectivity index (χ1n) is 8.93. The molecule has 2 aliphatic rings. The van der Waals surface area contributed by atoms with Crippen molar-refractivity contribution in [1.82, 2.24) is 4.98 Å². The topological polar surface area (TPSA) is 45.2 Å². The van der Waals surface area contributed by atoms with Gasteiger partial charge in [0.15, 0.2) is 0 Å². The third-order valence-electron chi connectivity index (χ3n) is 5.06. The molecule has 24 heavy (non-hydrogen) atoms. The second-order valence-electron chi connectivity index (χ2n) is 6.75. The van der Waals surface area contributed by atoms with Crippen molar-refractivity contribution in [3.63, 3.8) is 0 Å². The van der Waals surface area contributed by atoms with Gasteiger partial charge in [-0.25, -0.2) is 4.98 Å². The largest absolute Gasteiger partial charge is 0.381 e. The minimum Gasteiger partial charge on any atom is -0.381 e. The van der Waals surface area contributed by atoms with Gasteiger partial charge < -0.3 is 10.2 Å². The molecule has 2 aromatic rings. The van der Waals surface area contributed by atoms with E-state index < -0.39 is 0 Å². The number of benzene rings is 1. The molecule has 1 aromatic heterocycles. The minimum absolute atomic E-state index is 0.00503. The van der Waals surface area contributed by atoms with Crippen LogP contribution in [0.3, 0.4) is 0 Å². The summed E-state index contributed by atoms with van der Waals surface area (Å²) in [4.78, 5) is 19.1. The van der Waals surface area contributed by atoms with Crippen molar-refractivity contribution in [2.45, 2.75) is 44.6 Å². The van der Waals surface area contributed by atoms with Crippen LogP contribution in [0.4, 0.5) is 11.4 Å². The molecule has 0 unspecified atom stereocenters. The van der Waals surface area contributed by atoms with Crippen LogP contribution in [-0.2, 0) is 6.42 Å². The Morgan fingerprint density at radius 1 is 1.08 bits per heavy atom. The Morgan fingerprint density at radius 3 is 2.71 bits per heavy atom. The van der Waals surface area contributed by atoms with Crippen LogP contribution in [0.5, 0.6) is 0 Å². The average molecular weight is 321 g/mol. The molecule has 4 nitrogen and oxygen atoms in total. The predicted molar refractivity (Wildman–Crippen MR) is 96.6 cm³/mol. The molecule has 0 saturated heterocycles. The summed E-state index contributed by atoms with van der Waals surface area (Å²) in [5.41, 5.74) is 3.81. The van der Waals surface area contributed by atoms with Crippen molar-refractivity contribution >= 4 is 17.3 Å². The highest BCUT2D eigenvalue weighted by atomic mass is 16.2. The lowest BCUT2D eigenvalue weighted by Crippen LogP contribution is -2.35. The van der Waals surface area contributed by atoms with E-state index in [0.717, 1.165) is 30.8 Å². The van der Waals surface area contributed by atoms with E-state index >= 15 is 0 Å². The Hall–Kier alpha value is -2.36. The summed E-state index contributed by atoms with van der Waals surface area (Å²) < 4.78 is 0. The van der Waals surface area contributed by atoms with E-state index in [4.69, 9.17) is 0 Å². The number of carbonyl (C=O) groups is 1. The van der Waals surface area contributed by atoms with Gasteiger partial charge in [-0.3, -0.25) is 4.79 Å². The lowest BCUT2D eigenvalue weighted by atomic mass is 10.0. The standard InChI is InChI=1S/C20H23N3O/c24-20(23-13-5-7-15-6-1-4-10-19(15)23)18-12-11-17(14-21-18)22-16-8-2-3-9-16/h1,4,6,10-12,14,16,22H,2-3,5,7-9,13H2. The second kappa shape index (κ2) is 6.63. The van der Waals surface area contributed by atoms with Crippen LogP contribution in [0.1, 0.15) is 48.2 Å². The number of anilines is 2. The molecule has 1 saturated carbocycles. The molecule has 1 aliphatic heterocycles. The van der Waals surface area contributed by atoms with Gasteiger partial charge in [0.05, 0.1) is 11.9 Å². The van der Waals surface area contributed by atoms with Crippen molar-refractivity contribution < 1.29 is 4.79 Å². The van der Waals surface area contributed by atoms with Gasteiger partial charge in [0.2, 0.25) is 0 Å².